The van der Waals surface area contributed by atoms with E-state index in [1.807, 2.05) is 18.2 Å². The molecular weight excluding hydrogens is 368 g/mol. The van der Waals surface area contributed by atoms with Gasteiger partial charge in [0.05, 0.1) is 29.6 Å². The molecule has 0 aliphatic carbocycles. The van der Waals surface area contributed by atoms with E-state index in [4.69, 9.17) is 5.73 Å². The highest BCUT2D eigenvalue weighted by Gasteiger charge is 2.34. The number of carbonyl (C=O) groups excluding carboxylic acids is 2. The van der Waals surface area contributed by atoms with Crippen molar-refractivity contribution in [1.82, 2.24) is 20.1 Å². The van der Waals surface area contributed by atoms with Crippen molar-refractivity contribution < 1.29 is 9.59 Å². The van der Waals surface area contributed by atoms with Gasteiger partial charge in [-0.3, -0.25) is 14.7 Å². The predicted molar refractivity (Wildman–Crippen MR) is 111 cm³/mol. The first kappa shape index (κ1) is 18.9. The van der Waals surface area contributed by atoms with E-state index in [9.17, 15) is 9.59 Å². The summed E-state index contributed by atoms with van der Waals surface area (Å²) in [6.45, 7) is 4.44. The molecule has 0 radical (unpaired) electrons. The molecule has 1 fully saturated rings. The zero-order valence-corrected chi connectivity index (χ0v) is 16.5. The number of hydrogen-bond donors (Lipinski definition) is 3. The normalized spacial score (nSPS) is 19.3. The highest BCUT2D eigenvalue weighted by Crippen LogP contribution is 2.34. The second-order valence-corrected chi connectivity index (χ2v) is 7.75. The van der Waals surface area contributed by atoms with Crippen LogP contribution in [0, 0.1) is 12.8 Å². The largest absolute Gasteiger partial charge is 0.383 e. The second-order valence-electron chi connectivity index (χ2n) is 7.75. The summed E-state index contributed by atoms with van der Waals surface area (Å²) in [5, 5.41) is 10.6. The predicted octanol–water partition coefficient (Wildman–Crippen LogP) is 2.79. The summed E-state index contributed by atoms with van der Waals surface area (Å²) >= 11 is 0. The molecule has 1 aliphatic heterocycles. The summed E-state index contributed by atoms with van der Waals surface area (Å²) in [5.41, 5.74) is 8.87. The van der Waals surface area contributed by atoms with Crippen LogP contribution < -0.4 is 11.1 Å². The van der Waals surface area contributed by atoms with Crippen LogP contribution in [0.1, 0.15) is 36.9 Å². The van der Waals surface area contributed by atoms with Gasteiger partial charge in [0.2, 0.25) is 0 Å². The van der Waals surface area contributed by atoms with Gasteiger partial charge in [-0.15, -0.1) is 0 Å². The van der Waals surface area contributed by atoms with E-state index >= 15 is 0 Å². The molecule has 1 saturated heterocycles. The summed E-state index contributed by atoms with van der Waals surface area (Å²) in [7, 11) is 0. The zero-order valence-electron chi connectivity index (χ0n) is 16.5. The van der Waals surface area contributed by atoms with Crippen LogP contribution in [-0.2, 0) is 9.59 Å². The van der Waals surface area contributed by atoms with Crippen LogP contribution >= 0.6 is 0 Å². The number of nitrogens with zero attached hydrogens (tertiary/aromatic N) is 3. The second kappa shape index (κ2) is 7.54. The van der Waals surface area contributed by atoms with E-state index in [0.29, 0.717) is 24.0 Å². The van der Waals surface area contributed by atoms with E-state index in [1.54, 1.807) is 24.1 Å². The lowest BCUT2D eigenvalue weighted by Crippen LogP contribution is -2.46. The average Bonchev–Trinajstić information content (AvgIpc) is 3.18. The molecule has 0 saturated carbocycles. The fraction of sp³-hybridized carbons (Fsp3) is 0.333. The van der Waals surface area contributed by atoms with E-state index in [1.165, 1.54) is 6.20 Å². The van der Waals surface area contributed by atoms with E-state index in [2.05, 4.69) is 27.4 Å². The molecule has 3 aromatic rings. The summed E-state index contributed by atoms with van der Waals surface area (Å²) in [5.74, 6) is -0.474. The molecule has 4 rings (SSSR count). The maximum absolute atomic E-state index is 13.0. The minimum absolute atomic E-state index is 0.143. The lowest BCUT2D eigenvalue weighted by molar-refractivity contribution is -0.146. The van der Waals surface area contributed by atoms with Gasteiger partial charge in [-0.1, -0.05) is 13.0 Å². The van der Waals surface area contributed by atoms with Crippen LogP contribution in [0.4, 0.5) is 11.5 Å². The number of hydrogen-bond acceptors (Lipinski definition) is 5. The number of H-pyrrole nitrogens is 1. The van der Waals surface area contributed by atoms with E-state index in [-0.39, 0.29) is 6.04 Å². The number of aromatic amines is 1. The van der Waals surface area contributed by atoms with Gasteiger partial charge in [-0.25, -0.2) is 4.98 Å². The van der Waals surface area contributed by atoms with Crippen molar-refractivity contribution in [1.29, 1.82) is 0 Å². The molecule has 150 valence electrons. The molecule has 2 amide bonds. The van der Waals surface area contributed by atoms with Crippen molar-refractivity contribution in [2.75, 3.05) is 17.6 Å². The average molecular weight is 392 g/mol. The van der Waals surface area contributed by atoms with Crippen molar-refractivity contribution in [3.63, 3.8) is 0 Å². The quantitative estimate of drug-likeness (QED) is 0.580. The SMILES string of the molecule is Cc1cc(NC(=O)C(=O)N2CC(C)CCC2c2ccc3[nH]ncc3c2)cnc1N. The van der Waals surface area contributed by atoms with Crippen LogP contribution in [0.5, 0.6) is 0 Å². The summed E-state index contributed by atoms with van der Waals surface area (Å²) in [6.07, 6.45) is 5.03. The molecule has 1 aromatic carbocycles. The number of rotatable bonds is 2. The van der Waals surface area contributed by atoms with Gasteiger partial charge in [0.25, 0.3) is 0 Å². The first-order valence-electron chi connectivity index (χ1n) is 9.69. The van der Waals surface area contributed by atoms with Gasteiger partial charge in [0.15, 0.2) is 0 Å². The van der Waals surface area contributed by atoms with Crippen molar-refractivity contribution in [2.24, 2.45) is 5.92 Å². The number of nitrogen functional groups attached to an aromatic ring is 1. The highest BCUT2D eigenvalue weighted by atomic mass is 16.2. The third-order valence-electron chi connectivity index (χ3n) is 5.50. The number of fused-ring (bicyclic) bond motifs is 1. The summed E-state index contributed by atoms with van der Waals surface area (Å²) in [4.78, 5) is 31.4. The summed E-state index contributed by atoms with van der Waals surface area (Å²) < 4.78 is 0. The van der Waals surface area contributed by atoms with Crippen molar-refractivity contribution in [3.05, 3.63) is 47.8 Å². The Morgan fingerprint density at radius 2 is 2.07 bits per heavy atom. The molecule has 0 spiro atoms. The number of likely N-dealkylation sites (tertiary alicyclic amines) is 1. The molecule has 2 atom stereocenters. The Hall–Kier alpha value is -3.42. The maximum Gasteiger partial charge on any atom is 0.313 e. The van der Waals surface area contributed by atoms with Gasteiger partial charge in [-0.2, -0.15) is 5.10 Å². The minimum atomic E-state index is -0.667. The highest BCUT2D eigenvalue weighted by molar-refractivity contribution is 6.39. The fourth-order valence-electron chi connectivity index (χ4n) is 3.86. The smallest absolute Gasteiger partial charge is 0.313 e. The first-order valence-corrected chi connectivity index (χ1v) is 9.69. The van der Waals surface area contributed by atoms with Crippen LogP contribution in [0.3, 0.4) is 0 Å². The maximum atomic E-state index is 13.0. The van der Waals surface area contributed by atoms with E-state index in [0.717, 1.165) is 34.9 Å². The molecule has 29 heavy (non-hydrogen) atoms. The molecule has 8 heteroatoms. The summed E-state index contributed by atoms with van der Waals surface area (Å²) in [6, 6.07) is 7.55. The zero-order chi connectivity index (χ0) is 20.5. The Morgan fingerprint density at radius 3 is 2.86 bits per heavy atom. The van der Waals surface area contributed by atoms with Crippen molar-refractivity contribution in [2.45, 2.75) is 32.7 Å². The number of amides is 2. The number of pyridine rings is 1. The van der Waals surface area contributed by atoms with Gasteiger partial charge < -0.3 is 16.0 Å². The monoisotopic (exact) mass is 392 g/mol. The minimum Gasteiger partial charge on any atom is -0.383 e. The Balaban J connectivity index is 1.57. The molecule has 2 aromatic heterocycles. The fourth-order valence-corrected chi connectivity index (χ4v) is 3.86. The Bertz CT molecular complexity index is 1080. The number of aryl methyl sites for hydroxylation is 1. The standard InChI is InChI=1S/C21H24N6O2/c1-12-3-6-18(14-4-5-17-15(8-14)9-24-26-17)27(11-12)21(29)20(28)25-16-7-13(2)19(22)23-10-16/h4-5,7-10,12,18H,3,6,11H2,1-2H3,(H2,22,23)(H,24,26)(H,25,28). The van der Waals surface area contributed by atoms with Gasteiger partial charge in [0, 0.05) is 11.9 Å². The molecule has 2 unspecified atom stereocenters. The third-order valence-corrected chi connectivity index (χ3v) is 5.50. The van der Waals surface area contributed by atoms with Crippen molar-refractivity contribution >= 4 is 34.2 Å². The van der Waals surface area contributed by atoms with Gasteiger partial charge >= 0.3 is 11.8 Å². The number of aromatic nitrogens is 3. The third kappa shape index (κ3) is 3.78. The number of benzene rings is 1. The van der Waals surface area contributed by atoms with Gasteiger partial charge in [0.1, 0.15) is 5.82 Å². The molecule has 8 nitrogen and oxygen atoms in total. The van der Waals surface area contributed by atoms with E-state index < -0.39 is 11.8 Å². The lowest BCUT2D eigenvalue weighted by atomic mass is 9.89. The Labute approximate surface area is 168 Å². The molecule has 1 aliphatic rings. The van der Waals surface area contributed by atoms with Crippen molar-refractivity contribution in [3.8, 4) is 0 Å². The van der Waals surface area contributed by atoms with Crippen LogP contribution in [0.15, 0.2) is 36.7 Å². The number of nitrogens with one attached hydrogen (secondary N) is 2. The Morgan fingerprint density at radius 1 is 1.24 bits per heavy atom. The first-order chi connectivity index (χ1) is 13.9. The van der Waals surface area contributed by atoms with Crippen LogP contribution in [0.25, 0.3) is 10.9 Å². The lowest BCUT2D eigenvalue weighted by Gasteiger charge is -2.38. The number of anilines is 2. The molecule has 4 N–H and O–H groups in total. The number of carbonyl (C=O) groups is 2. The number of nitrogens with two attached hydrogens (primary N) is 1. The van der Waals surface area contributed by atoms with Crippen LogP contribution in [-0.4, -0.2) is 38.4 Å². The van der Waals surface area contributed by atoms with Crippen LogP contribution in [0.2, 0.25) is 0 Å². The van der Waals surface area contributed by atoms with Gasteiger partial charge in [-0.05, 0) is 55.0 Å². The molecule has 3 heterocycles. The Kier molecular flexibility index (Phi) is 4.92. The molecular formula is C21H24N6O2. The number of piperidine rings is 1. The molecule has 0 bridgehead atoms. The topological polar surface area (TPSA) is 117 Å².